The Labute approximate surface area is 138 Å². The molecule has 0 aliphatic heterocycles. The van der Waals surface area contributed by atoms with E-state index in [1.165, 1.54) is 33.6 Å². The fraction of sp³-hybridized carbons (Fsp3) is 0.400. The predicted octanol–water partition coefficient (Wildman–Crippen LogP) is 4.86. The molecule has 3 aromatic rings. The van der Waals surface area contributed by atoms with Crippen LogP contribution in [-0.4, -0.2) is 9.97 Å². The van der Waals surface area contributed by atoms with Gasteiger partial charge in [0.1, 0.15) is 11.5 Å². The van der Waals surface area contributed by atoms with Gasteiger partial charge in [-0.25, -0.2) is 0 Å². The Morgan fingerprint density at radius 1 is 0.783 bits per heavy atom. The number of furan rings is 1. The molecular formula is C20H26N2O. The topological polar surface area (TPSA) is 44.7 Å². The number of aromatic nitrogens is 2. The zero-order valence-corrected chi connectivity index (χ0v) is 14.5. The summed E-state index contributed by atoms with van der Waals surface area (Å²) in [6.45, 7) is 8.74. The first-order chi connectivity index (χ1) is 11.1. The van der Waals surface area contributed by atoms with Crippen molar-refractivity contribution >= 4 is 0 Å². The van der Waals surface area contributed by atoms with Crippen molar-refractivity contribution < 1.29 is 4.42 Å². The van der Waals surface area contributed by atoms with Crippen LogP contribution < -0.4 is 0 Å². The van der Waals surface area contributed by atoms with E-state index in [0.29, 0.717) is 0 Å². The van der Waals surface area contributed by atoms with E-state index in [1.54, 1.807) is 0 Å². The van der Waals surface area contributed by atoms with Crippen LogP contribution in [0.5, 0.6) is 0 Å². The smallest absolute Gasteiger partial charge is 0.110 e. The lowest BCUT2D eigenvalue weighted by atomic mass is 10.1. The number of rotatable bonds is 6. The number of nitrogens with one attached hydrogen (secondary N) is 2. The molecule has 0 bridgehead atoms. The van der Waals surface area contributed by atoms with Crippen molar-refractivity contribution in [1.82, 2.24) is 9.97 Å². The third kappa shape index (κ3) is 3.14. The Morgan fingerprint density at radius 2 is 1.22 bits per heavy atom. The Bertz CT molecular complexity index is 724. The van der Waals surface area contributed by atoms with Crippen LogP contribution in [0.2, 0.25) is 0 Å². The molecule has 3 rings (SSSR count). The van der Waals surface area contributed by atoms with Gasteiger partial charge in [0.05, 0.1) is 0 Å². The minimum Gasteiger partial charge on any atom is -0.465 e. The van der Waals surface area contributed by atoms with Gasteiger partial charge in [0, 0.05) is 36.6 Å². The second-order valence-corrected chi connectivity index (χ2v) is 6.26. The molecule has 3 heterocycles. The summed E-state index contributed by atoms with van der Waals surface area (Å²) in [5.74, 6) is 2.04. The second-order valence-electron chi connectivity index (χ2n) is 6.26. The van der Waals surface area contributed by atoms with Crippen LogP contribution in [0.3, 0.4) is 0 Å². The summed E-state index contributed by atoms with van der Waals surface area (Å²) in [7, 11) is 0. The van der Waals surface area contributed by atoms with E-state index in [-0.39, 0.29) is 0 Å². The fourth-order valence-electron chi connectivity index (χ4n) is 3.23. The van der Waals surface area contributed by atoms with Crippen LogP contribution in [0, 0.1) is 13.8 Å². The molecule has 0 aromatic carbocycles. The van der Waals surface area contributed by atoms with E-state index in [9.17, 15) is 0 Å². The average Bonchev–Trinajstić information content (AvgIpc) is 3.23. The zero-order valence-electron chi connectivity index (χ0n) is 14.5. The lowest BCUT2D eigenvalue weighted by Gasteiger charge is -2.01. The van der Waals surface area contributed by atoms with Gasteiger partial charge in [-0.15, -0.1) is 0 Å². The second kappa shape index (κ2) is 6.53. The molecular weight excluding hydrogens is 284 g/mol. The molecule has 0 radical (unpaired) electrons. The molecule has 3 aromatic heterocycles. The van der Waals surface area contributed by atoms with Gasteiger partial charge in [-0.1, -0.05) is 13.8 Å². The molecule has 3 nitrogen and oxygen atoms in total. The van der Waals surface area contributed by atoms with E-state index in [4.69, 9.17) is 4.42 Å². The number of aryl methyl sites for hydroxylation is 2. The molecule has 3 heteroatoms. The maximum atomic E-state index is 6.05. The Morgan fingerprint density at radius 3 is 1.57 bits per heavy atom. The molecule has 0 aliphatic rings. The van der Waals surface area contributed by atoms with Crippen LogP contribution >= 0.6 is 0 Å². The van der Waals surface area contributed by atoms with Crippen molar-refractivity contribution in [2.24, 2.45) is 0 Å². The highest BCUT2D eigenvalue weighted by atomic mass is 16.3. The Hall–Kier alpha value is -2.16. The normalized spacial score (nSPS) is 11.3. The average molecular weight is 310 g/mol. The molecule has 0 saturated heterocycles. The lowest BCUT2D eigenvalue weighted by molar-refractivity contribution is 0.479. The van der Waals surface area contributed by atoms with Crippen LogP contribution in [0.1, 0.15) is 59.0 Å². The van der Waals surface area contributed by atoms with E-state index in [1.807, 2.05) is 0 Å². The molecule has 0 atom stereocenters. The standard InChI is InChI=1S/C20H26N2O/c1-5-15-11-21-19(13(15)3)9-17-7-8-18(23-17)10-20-14(4)16(6-2)12-22-20/h7-8,11-12,21-22H,5-6,9-10H2,1-4H3. The summed E-state index contributed by atoms with van der Waals surface area (Å²) in [5.41, 5.74) is 8.01. The van der Waals surface area contributed by atoms with Crippen molar-refractivity contribution in [1.29, 1.82) is 0 Å². The van der Waals surface area contributed by atoms with Gasteiger partial charge in [-0.05, 0) is 61.1 Å². The summed E-state index contributed by atoms with van der Waals surface area (Å²) in [6.07, 6.45) is 8.02. The molecule has 2 N–H and O–H groups in total. The van der Waals surface area contributed by atoms with Crippen molar-refractivity contribution in [3.05, 3.63) is 69.7 Å². The lowest BCUT2D eigenvalue weighted by Crippen LogP contribution is -1.91. The number of aromatic amines is 2. The van der Waals surface area contributed by atoms with Crippen molar-refractivity contribution in [3.8, 4) is 0 Å². The van der Waals surface area contributed by atoms with Crippen molar-refractivity contribution in [2.75, 3.05) is 0 Å². The quantitative estimate of drug-likeness (QED) is 0.671. The maximum absolute atomic E-state index is 6.05. The number of hydrogen-bond acceptors (Lipinski definition) is 1. The van der Waals surface area contributed by atoms with Crippen LogP contribution in [0.15, 0.2) is 28.9 Å². The van der Waals surface area contributed by atoms with Gasteiger partial charge in [0.2, 0.25) is 0 Å². The zero-order chi connectivity index (χ0) is 16.4. The van der Waals surface area contributed by atoms with Gasteiger partial charge >= 0.3 is 0 Å². The maximum Gasteiger partial charge on any atom is 0.110 e. The summed E-state index contributed by atoms with van der Waals surface area (Å²) >= 11 is 0. The minimum atomic E-state index is 0.829. The Balaban J connectivity index is 1.72. The molecule has 0 aliphatic carbocycles. The molecule has 0 fully saturated rings. The molecule has 0 unspecified atom stereocenters. The highest BCUT2D eigenvalue weighted by Crippen LogP contribution is 2.21. The summed E-state index contributed by atoms with van der Waals surface area (Å²) in [6, 6.07) is 4.19. The highest BCUT2D eigenvalue weighted by Gasteiger charge is 2.11. The highest BCUT2D eigenvalue weighted by molar-refractivity contribution is 5.34. The van der Waals surface area contributed by atoms with Crippen molar-refractivity contribution in [2.45, 2.75) is 53.4 Å². The summed E-state index contributed by atoms with van der Waals surface area (Å²) in [5, 5.41) is 0. The number of H-pyrrole nitrogens is 2. The molecule has 122 valence electrons. The van der Waals surface area contributed by atoms with Gasteiger partial charge in [-0.2, -0.15) is 0 Å². The summed E-state index contributed by atoms with van der Waals surface area (Å²) < 4.78 is 6.05. The first-order valence-corrected chi connectivity index (χ1v) is 8.51. The molecule has 0 saturated carbocycles. The van der Waals surface area contributed by atoms with Gasteiger partial charge in [0.25, 0.3) is 0 Å². The van der Waals surface area contributed by atoms with Crippen LogP contribution in [0.4, 0.5) is 0 Å². The molecule has 0 amide bonds. The van der Waals surface area contributed by atoms with Crippen LogP contribution in [0.25, 0.3) is 0 Å². The Kier molecular flexibility index (Phi) is 4.46. The fourth-order valence-corrected chi connectivity index (χ4v) is 3.23. The third-order valence-electron chi connectivity index (χ3n) is 4.89. The SMILES string of the molecule is CCc1c[nH]c(Cc2ccc(Cc3[nH]cc(CC)c3C)o2)c1C. The van der Waals surface area contributed by atoms with E-state index in [0.717, 1.165) is 37.2 Å². The third-order valence-corrected chi connectivity index (χ3v) is 4.89. The first-order valence-electron chi connectivity index (χ1n) is 8.51. The molecule has 0 spiro atoms. The first kappa shape index (κ1) is 15.7. The van der Waals surface area contributed by atoms with Crippen molar-refractivity contribution in [3.63, 3.8) is 0 Å². The van der Waals surface area contributed by atoms with E-state index >= 15 is 0 Å². The monoisotopic (exact) mass is 310 g/mol. The van der Waals surface area contributed by atoms with Crippen LogP contribution in [-0.2, 0) is 25.7 Å². The summed E-state index contributed by atoms with van der Waals surface area (Å²) in [4.78, 5) is 6.77. The largest absolute Gasteiger partial charge is 0.465 e. The van der Waals surface area contributed by atoms with Gasteiger partial charge in [0.15, 0.2) is 0 Å². The predicted molar refractivity (Wildman–Crippen MR) is 94.1 cm³/mol. The molecule has 23 heavy (non-hydrogen) atoms. The van der Waals surface area contributed by atoms with Gasteiger partial charge in [-0.3, -0.25) is 0 Å². The van der Waals surface area contributed by atoms with E-state index in [2.05, 4.69) is 62.2 Å². The van der Waals surface area contributed by atoms with E-state index < -0.39 is 0 Å². The minimum absolute atomic E-state index is 0.829. The van der Waals surface area contributed by atoms with Gasteiger partial charge < -0.3 is 14.4 Å². The number of hydrogen-bond donors (Lipinski definition) is 2.